The summed E-state index contributed by atoms with van der Waals surface area (Å²) in [4.78, 5) is 30.4. The van der Waals surface area contributed by atoms with Crippen molar-refractivity contribution in [3.8, 4) is 5.75 Å². The number of carboxylic acid groups (broad SMARTS) is 1. The van der Waals surface area contributed by atoms with Crippen LogP contribution in [-0.2, 0) is 22.5 Å². The maximum absolute atomic E-state index is 11.5. The largest absolute Gasteiger partial charge is 0.481 e. The molecule has 2 unspecified atom stereocenters. The van der Waals surface area contributed by atoms with E-state index >= 15 is 0 Å². The van der Waals surface area contributed by atoms with Gasteiger partial charge in [-0.05, 0) is 62.1 Å². The average molecular weight is 517 g/mol. The van der Waals surface area contributed by atoms with Crippen LogP contribution in [0, 0.1) is 5.92 Å². The Morgan fingerprint density at radius 2 is 2.05 bits per heavy atom. The lowest BCUT2D eigenvalue weighted by molar-refractivity contribution is -0.234. The summed E-state index contributed by atoms with van der Waals surface area (Å²) >= 11 is 1.80. The van der Waals surface area contributed by atoms with Crippen molar-refractivity contribution >= 4 is 38.9 Å². The fourth-order valence-corrected chi connectivity index (χ4v) is 8.07. The molecule has 1 saturated carbocycles. The van der Waals surface area contributed by atoms with Gasteiger partial charge < -0.3 is 9.84 Å². The first kappa shape index (κ1) is 22.0. The van der Waals surface area contributed by atoms with E-state index in [1.54, 1.807) is 16.5 Å². The molecule has 9 heteroatoms. The first-order chi connectivity index (χ1) is 18.1. The molecule has 2 aromatic heterocycles. The van der Waals surface area contributed by atoms with Crippen LogP contribution in [-0.4, -0.2) is 39.1 Å². The molecule has 5 aliphatic rings. The maximum Gasteiger partial charge on any atom is 0.306 e. The van der Waals surface area contributed by atoms with Crippen molar-refractivity contribution in [2.45, 2.75) is 69.5 Å². The van der Waals surface area contributed by atoms with E-state index in [0.29, 0.717) is 25.3 Å². The van der Waals surface area contributed by atoms with Gasteiger partial charge in [-0.25, -0.2) is 14.8 Å². The highest BCUT2D eigenvalue weighted by Gasteiger charge is 2.41. The molecule has 1 fully saturated rings. The first-order valence-corrected chi connectivity index (χ1v) is 14.2. The summed E-state index contributed by atoms with van der Waals surface area (Å²) < 4.78 is 6.04. The summed E-state index contributed by atoms with van der Waals surface area (Å²) in [5.41, 5.74) is 8.75. The second-order valence-electron chi connectivity index (χ2n) is 10.9. The van der Waals surface area contributed by atoms with Crippen molar-refractivity contribution in [3.05, 3.63) is 51.7 Å². The lowest BCUT2D eigenvalue weighted by atomic mass is 9.79. The molecule has 3 bridgehead atoms. The first-order valence-electron chi connectivity index (χ1n) is 13.4. The van der Waals surface area contributed by atoms with E-state index in [1.165, 1.54) is 33.6 Å². The quantitative estimate of drug-likeness (QED) is 0.476. The number of allylic oxidation sites excluding steroid dienone is 2. The van der Waals surface area contributed by atoms with E-state index < -0.39 is 5.97 Å². The monoisotopic (exact) mass is 516 g/mol. The third-order valence-corrected chi connectivity index (χ3v) is 9.88. The van der Waals surface area contributed by atoms with Gasteiger partial charge in [0.05, 0.1) is 11.3 Å². The molecule has 3 aliphatic carbocycles. The zero-order valence-corrected chi connectivity index (χ0v) is 21.2. The number of ether oxygens (including phenoxy) is 1. The number of benzene rings is 1. The SMILES string of the molecule is O=C(O)C1CCC(c2nc(NN3CCc4ccc5c(c4)CC(O5)O3)c3c4c(sc3n2)C2CCC=C42)CC1. The van der Waals surface area contributed by atoms with Crippen LogP contribution in [0.25, 0.3) is 15.8 Å². The Labute approximate surface area is 218 Å². The summed E-state index contributed by atoms with van der Waals surface area (Å²) in [5.74, 6) is 2.27. The normalized spacial score (nSPS) is 27.9. The number of nitrogens with one attached hydrogen (secondary N) is 1. The van der Waals surface area contributed by atoms with Gasteiger partial charge in [0.25, 0.3) is 0 Å². The van der Waals surface area contributed by atoms with Crippen LogP contribution >= 0.6 is 11.3 Å². The summed E-state index contributed by atoms with van der Waals surface area (Å²) in [5, 5.41) is 12.3. The van der Waals surface area contributed by atoms with Gasteiger partial charge in [-0.1, -0.05) is 23.4 Å². The zero-order chi connectivity index (χ0) is 24.7. The Morgan fingerprint density at radius 1 is 1.16 bits per heavy atom. The number of rotatable bonds is 4. The number of hydroxylamine groups is 1. The predicted octanol–water partition coefficient (Wildman–Crippen LogP) is 5.40. The number of aromatic nitrogens is 2. The molecule has 2 N–H and O–H groups in total. The van der Waals surface area contributed by atoms with Gasteiger partial charge in [-0.3, -0.25) is 10.2 Å². The summed E-state index contributed by atoms with van der Waals surface area (Å²) in [7, 11) is 0. The standard InChI is InChI=1S/C28H28N4O4S/c33-28(34)16-7-5-15(6-8-16)25-29-26(23-22-18-2-1-3-19(18)24(22)37-27(23)30-25)31-32-11-10-14-4-9-20-17(12-14)13-21(35-20)36-32/h2,4,9,12,15-16,19,21H,1,3,5-8,10-11,13H2,(H,33,34)(H,29,30,31). The Hall–Kier alpha value is -3.01. The molecule has 2 aliphatic heterocycles. The minimum atomic E-state index is -0.688. The van der Waals surface area contributed by atoms with Crippen molar-refractivity contribution < 1.29 is 19.5 Å². The van der Waals surface area contributed by atoms with Crippen LogP contribution in [0.2, 0.25) is 0 Å². The van der Waals surface area contributed by atoms with Gasteiger partial charge in [-0.2, -0.15) is 0 Å². The molecule has 190 valence electrons. The number of carbonyl (C=O) groups is 1. The lowest BCUT2D eigenvalue weighted by Gasteiger charge is -2.29. The van der Waals surface area contributed by atoms with Gasteiger partial charge in [-0.15, -0.1) is 11.3 Å². The molecular weight excluding hydrogens is 488 g/mol. The fourth-order valence-electron chi connectivity index (χ4n) is 6.71. The zero-order valence-electron chi connectivity index (χ0n) is 20.4. The Morgan fingerprint density at radius 3 is 2.92 bits per heavy atom. The molecule has 0 amide bonds. The molecule has 0 radical (unpaired) electrons. The average Bonchev–Trinajstić information content (AvgIpc) is 3.59. The van der Waals surface area contributed by atoms with E-state index in [0.717, 1.165) is 59.7 Å². The van der Waals surface area contributed by atoms with E-state index in [-0.39, 0.29) is 18.1 Å². The van der Waals surface area contributed by atoms with Crippen LogP contribution < -0.4 is 10.2 Å². The molecule has 37 heavy (non-hydrogen) atoms. The van der Waals surface area contributed by atoms with Crippen LogP contribution in [0.5, 0.6) is 5.75 Å². The summed E-state index contributed by atoms with van der Waals surface area (Å²) in [6.45, 7) is 0.654. The molecule has 3 aromatic rings. The highest BCUT2D eigenvalue weighted by atomic mass is 32.1. The van der Waals surface area contributed by atoms with Crippen LogP contribution in [0.1, 0.15) is 77.8 Å². The number of thiophene rings is 1. The van der Waals surface area contributed by atoms with Crippen molar-refractivity contribution in [2.24, 2.45) is 5.92 Å². The number of fused-ring (bicyclic) bond motifs is 8. The smallest absolute Gasteiger partial charge is 0.306 e. The summed E-state index contributed by atoms with van der Waals surface area (Å²) in [6.07, 6.45) is 8.84. The molecule has 4 heterocycles. The number of hydrogen-bond donors (Lipinski definition) is 2. The number of carboxylic acids is 1. The van der Waals surface area contributed by atoms with Crippen molar-refractivity contribution in [1.29, 1.82) is 0 Å². The van der Waals surface area contributed by atoms with Gasteiger partial charge in [0, 0.05) is 40.8 Å². The molecule has 8 nitrogen and oxygen atoms in total. The predicted molar refractivity (Wildman–Crippen MR) is 139 cm³/mol. The van der Waals surface area contributed by atoms with Gasteiger partial charge >= 0.3 is 5.97 Å². The third-order valence-electron chi connectivity index (χ3n) is 8.69. The number of hydrazine groups is 1. The number of hydrogen-bond acceptors (Lipinski definition) is 8. The lowest BCUT2D eigenvalue weighted by Crippen LogP contribution is -2.38. The fraction of sp³-hybridized carbons (Fsp3) is 0.464. The van der Waals surface area contributed by atoms with Crippen molar-refractivity contribution in [2.75, 3.05) is 12.0 Å². The minimum Gasteiger partial charge on any atom is -0.481 e. The second kappa shape index (κ2) is 8.24. The topological polar surface area (TPSA) is 96.8 Å². The number of nitrogens with zero attached hydrogens (tertiary/aromatic N) is 3. The van der Waals surface area contributed by atoms with Gasteiger partial charge in [0.15, 0.2) is 5.82 Å². The van der Waals surface area contributed by atoms with Crippen molar-refractivity contribution in [3.63, 3.8) is 0 Å². The van der Waals surface area contributed by atoms with E-state index in [2.05, 4.69) is 23.6 Å². The summed E-state index contributed by atoms with van der Waals surface area (Å²) in [6, 6.07) is 6.41. The Kier molecular flexibility index (Phi) is 4.91. The van der Waals surface area contributed by atoms with Gasteiger partial charge in [0.2, 0.25) is 6.29 Å². The van der Waals surface area contributed by atoms with E-state index in [1.807, 2.05) is 6.07 Å². The van der Waals surface area contributed by atoms with Gasteiger partial charge in [0.1, 0.15) is 16.4 Å². The number of anilines is 1. The molecule has 2 atom stereocenters. The minimum absolute atomic E-state index is 0.170. The molecule has 1 aromatic carbocycles. The molecule has 8 rings (SSSR count). The molecule has 0 spiro atoms. The van der Waals surface area contributed by atoms with E-state index in [4.69, 9.17) is 19.5 Å². The van der Waals surface area contributed by atoms with Crippen LogP contribution in [0.4, 0.5) is 5.82 Å². The Bertz CT molecular complexity index is 1470. The van der Waals surface area contributed by atoms with Crippen LogP contribution in [0.15, 0.2) is 24.3 Å². The Balaban J connectivity index is 1.15. The third kappa shape index (κ3) is 3.51. The second-order valence-corrected chi connectivity index (χ2v) is 11.9. The number of aliphatic carboxylic acids is 1. The maximum atomic E-state index is 11.5. The van der Waals surface area contributed by atoms with Crippen molar-refractivity contribution in [1.82, 2.24) is 15.1 Å². The highest BCUT2D eigenvalue weighted by Crippen LogP contribution is 2.59. The molecule has 0 saturated heterocycles. The van der Waals surface area contributed by atoms with E-state index in [9.17, 15) is 9.90 Å². The van der Waals surface area contributed by atoms with Crippen LogP contribution in [0.3, 0.4) is 0 Å². The molecular formula is C28H28N4O4S. The highest BCUT2D eigenvalue weighted by molar-refractivity contribution is 7.19.